The van der Waals surface area contributed by atoms with Gasteiger partial charge < -0.3 is 4.42 Å². The molecule has 0 fully saturated rings. The van der Waals surface area contributed by atoms with Crippen molar-refractivity contribution in [1.29, 1.82) is 0 Å². The lowest BCUT2D eigenvalue weighted by Crippen LogP contribution is -1.93. The number of hydrogen-bond acceptors (Lipinski definition) is 3. The summed E-state index contributed by atoms with van der Waals surface area (Å²) in [6.45, 7) is 4.28. The second-order valence-corrected chi connectivity index (χ2v) is 10.4. The van der Waals surface area contributed by atoms with Crippen LogP contribution in [0, 0.1) is 13.8 Å². The van der Waals surface area contributed by atoms with Crippen molar-refractivity contribution in [3.63, 3.8) is 0 Å². The first kappa shape index (κ1) is 22.0. The first-order chi connectivity index (χ1) is 19.1. The van der Waals surface area contributed by atoms with Crippen LogP contribution >= 0.6 is 0 Å². The molecule has 0 aliphatic heterocycles. The quantitative estimate of drug-likeness (QED) is 0.222. The molecule has 39 heavy (non-hydrogen) atoms. The summed E-state index contributed by atoms with van der Waals surface area (Å²) in [6.07, 6.45) is 1.91. The molecule has 0 unspecified atom stereocenters. The van der Waals surface area contributed by atoms with E-state index in [1.165, 1.54) is 21.9 Å². The molecule has 0 aliphatic rings. The van der Waals surface area contributed by atoms with E-state index >= 15 is 0 Å². The van der Waals surface area contributed by atoms with Crippen LogP contribution in [-0.4, -0.2) is 9.97 Å². The van der Waals surface area contributed by atoms with Crippen LogP contribution in [-0.2, 0) is 0 Å². The molecule has 0 radical (unpaired) electrons. The molecule has 0 amide bonds. The van der Waals surface area contributed by atoms with E-state index in [1.807, 2.05) is 18.3 Å². The maximum Gasteiger partial charge on any atom is 0.135 e. The van der Waals surface area contributed by atoms with E-state index in [2.05, 4.69) is 105 Å². The average molecular weight is 501 g/mol. The summed E-state index contributed by atoms with van der Waals surface area (Å²) in [7, 11) is 0. The topological polar surface area (TPSA) is 38.9 Å². The van der Waals surface area contributed by atoms with Crippen LogP contribution in [0.25, 0.3) is 76.9 Å². The highest BCUT2D eigenvalue weighted by Gasteiger charge is 2.14. The molecule has 8 rings (SSSR count). The van der Waals surface area contributed by atoms with E-state index in [9.17, 15) is 0 Å². The Labute approximate surface area is 225 Å². The molecule has 0 saturated carbocycles. The molecule has 0 saturated heterocycles. The Morgan fingerprint density at radius 3 is 2.00 bits per heavy atom. The molecule has 3 heteroatoms. The van der Waals surface area contributed by atoms with Gasteiger partial charge in [0.05, 0.1) is 22.9 Å². The van der Waals surface area contributed by atoms with Gasteiger partial charge in [0.1, 0.15) is 11.2 Å². The number of aryl methyl sites for hydroxylation is 2. The van der Waals surface area contributed by atoms with Gasteiger partial charge in [-0.1, -0.05) is 90.0 Å². The number of fused-ring (bicyclic) bond motifs is 9. The van der Waals surface area contributed by atoms with Crippen molar-refractivity contribution < 1.29 is 4.42 Å². The Balaban J connectivity index is 1.31. The molecule has 0 bridgehead atoms. The van der Waals surface area contributed by atoms with E-state index in [-0.39, 0.29) is 0 Å². The third kappa shape index (κ3) is 3.44. The van der Waals surface area contributed by atoms with Gasteiger partial charge in [-0.05, 0) is 60.0 Å². The first-order valence-corrected chi connectivity index (χ1v) is 13.2. The van der Waals surface area contributed by atoms with E-state index in [1.54, 1.807) is 0 Å². The number of aromatic nitrogens is 2. The summed E-state index contributed by atoms with van der Waals surface area (Å²) >= 11 is 0. The fourth-order valence-electron chi connectivity index (χ4n) is 5.85. The fraction of sp³-hybridized carbons (Fsp3) is 0.0556. The van der Waals surface area contributed by atoms with Crippen LogP contribution in [0.2, 0.25) is 0 Å². The Hall–Kier alpha value is -5.02. The van der Waals surface area contributed by atoms with Crippen LogP contribution < -0.4 is 0 Å². The third-order valence-electron chi connectivity index (χ3n) is 7.79. The van der Waals surface area contributed by atoms with Crippen molar-refractivity contribution in [3.8, 4) is 22.4 Å². The van der Waals surface area contributed by atoms with Crippen LogP contribution in [0.4, 0.5) is 0 Å². The SMILES string of the molecule is Cc1ccc2c(c1)c1cc(C)ccc1c1nc(-c3cccc(-c4ccc5oc6ccccc6c5c4)c3)cnc21. The molecule has 0 spiro atoms. The second-order valence-electron chi connectivity index (χ2n) is 10.4. The van der Waals surface area contributed by atoms with Crippen molar-refractivity contribution >= 4 is 54.5 Å². The molecular weight excluding hydrogens is 476 g/mol. The molecule has 8 aromatic rings. The van der Waals surface area contributed by atoms with Gasteiger partial charge in [-0.2, -0.15) is 0 Å². The summed E-state index contributed by atoms with van der Waals surface area (Å²) in [5.74, 6) is 0. The predicted molar refractivity (Wildman–Crippen MR) is 162 cm³/mol. The van der Waals surface area contributed by atoms with E-state index in [4.69, 9.17) is 14.4 Å². The fourth-order valence-corrected chi connectivity index (χ4v) is 5.85. The van der Waals surface area contributed by atoms with E-state index in [0.717, 1.165) is 66.1 Å². The van der Waals surface area contributed by atoms with Gasteiger partial charge in [-0.25, -0.2) is 4.98 Å². The zero-order valence-corrected chi connectivity index (χ0v) is 21.7. The minimum Gasteiger partial charge on any atom is -0.456 e. The zero-order chi connectivity index (χ0) is 26.1. The van der Waals surface area contributed by atoms with Gasteiger partial charge in [-0.15, -0.1) is 0 Å². The summed E-state index contributed by atoms with van der Waals surface area (Å²) in [5, 5.41) is 6.99. The minimum absolute atomic E-state index is 0.868. The lowest BCUT2D eigenvalue weighted by Gasteiger charge is -2.12. The summed E-state index contributed by atoms with van der Waals surface area (Å²) in [6, 6.07) is 36.4. The zero-order valence-electron chi connectivity index (χ0n) is 21.7. The van der Waals surface area contributed by atoms with Gasteiger partial charge in [0.15, 0.2) is 0 Å². The number of rotatable bonds is 2. The normalized spacial score (nSPS) is 11.8. The molecule has 0 N–H and O–H groups in total. The number of benzene rings is 6. The van der Waals surface area contributed by atoms with Crippen molar-refractivity contribution in [2.75, 3.05) is 0 Å². The molecular formula is C36H24N2O. The highest BCUT2D eigenvalue weighted by Crippen LogP contribution is 2.36. The van der Waals surface area contributed by atoms with Gasteiger partial charge in [0.25, 0.3) is 0 Å². The predicted octanol–water partition coefficient (Wildman–Crippen LogP) is 9.79. The first-order valence-electron chi connectivity index (χ1n) is 13.2. The Morgan fingerprint density at radius 1 is 0.487 bits per heavy atom. The second kappa shape index (κ2) is 8.24. The highest BCUT2D eigenvalue weighted by atomic mass is 16.3. The van der Waals surface area contributed by atoms with E-state index < -0.39 is 0 Å². The van der Waals surface area contributed by atoms with Crippen molar-refractivity contribution in [2.24, 2.45) is 0 Å². The van der Waals surface area contributed by atoms with Crippen molar-refractivity contribution in [1.82, 2.24) is 9.97 Å². The largest absolute Gasteiger partial charge is 0.456 e. The number of para-hydroxylation sites is 1. The van der Waals surface area contributed by atoms with Crippen LogP contribution in [0.1, 0.15) is 11.1 Å². The van der Waals surface area contributed by atoms with Crippen LogP contribution in [0.3, 0.4) is 0 Å². The third-order valence-corrected chi connectivity index (χ3v) is 7.79. The monoisotopic (exact) mass is 500 g/mol. The Morgan fingerprint density at radius 2 is 1.18 bits per heavy atom. The summed E-state index contributed by atoms with van der Waals surface area (Å²) in [5.41, 5.74) is 10.4. The van der Waals surface area contributed by atoms with Gasteiger partial charge in [0.2, 0.25) is 0 Å². The molecule has 184 valence electrons. The summed E-state index contributed by atoms with van der Waals surface area (Å²) < 4.78 is 6.04. The van der Waals surface area contributed by atoms with Crippen LogP contribution in [0.5, 0.6) is 0 Å². The molecule has 6 aromatic carbocycles. The lowest BCUT2D eigenvalue weighted by atomic mass is 9.96. The number of hydrogen-bond donors (Lipinski definition) is 0. The van der Waals surface area contributed by atoms with E-state index in [0.29, 0.717) is 0 Å². The maximum atomic E-state index is 6.04. The molecule has 2 aromatic heterocycles. The highest BCUT2D eigenvalue weighted by molar-refractivity contribution is 6.23. The average Bonchev–Trinajstić information content (AvgIpc) is 3.35. The van der Waals surface area contributed by atoms with Crippen molar-refractivity contribution in [2.45, 2.75) is 13.8 Å². The minimum atomic E-state index is 0.868. The number of furan rings is 1. The molecule has 0 atom stereocenters. The standard InChI is InChI=1S/C36H24N2O/c1-21-10-13-27-29(16-21)30-17-22(2)11-14-28(30)36-35(27)37-20-32(38-36)25-7-5-6-23(18-25)24-12-15-34-31(19-24)26-8-3-4-9-33(26)39-34/h3-20H,1-2H3. The Kier molecular flexibility index (Phi) is 4.65. The number of nitrogens with zero attached hydrogens (tertiary/aromatic N) is 2. The lowest BCUT2D eigenvalue weighted by molar-refractivity contribution is 0.669. The smallest absolute Gasteiger partial charge is 0.135 e. The van der Waals surface area contributed by atoms with Gasteiger partial charge in [0, 0.05) is 27.1 Å². The van der Waals surface area contributed by atoms with Gasteiger partial charge in [-0.3, -0.25) is 4.98 Å². The summed E-state index contributed by atoms with van der Waals surface area (Å²) in [4.78, 5) is 10.2. The molecule has 2 heterocycles. The molecule has 0 aliphatic carbocycles. The maximum absolute atomic E-state index is 6.04. The van der Waals surface area contributed by atoms with Gasteiger partial charge >= 0.3 is 0 Å². The van der Waals surface area contributed by atoms with Crippen molar-refractivity contribution in [3.05, 3.63) is 120 Å². The van der Waals surface area contributed by atoms with Crippen LogP contribution in [0.15, 0.2) is 114 Å². The Bertz CT molecular complexity index is 2260. The molecule has 3 nitrogen and oxygen atoms in total.